The normalized spacial score (nSPS) is 33.3. The third kappa shape index (κ3) is 2.21. The Kier molecular flexibility index (Phi) is 3.46. The van der Waals surface area contributed by atoms with Crippen LogP contribution in [0.25, 0.3) is 10.4 Å². The number of fused-ring (bicyclic) bond motifs is 5. The van der Waals surface area contributed by atoms with E-state index in [-0.39, 0.29) is 35.6 Å². The summed E-state index contributed by atoms with van der Waals surface area (Å²) < 4.78 is 5.83. The van der Waals surface area contributed by atoms with E-state index in [1.165, 1.54) is 0 Å². The Morgan fingerprint density at radius 1 is 1.04 bits per heavy atom. The molecule has 3 fully saturated rings. The van der Waals surface area contributed by atoms with Crippen molar-refractivity contribution in [1.82, 2.24) is 0 Å². The van der Waals surface area contributed by atoms with Crippen LogP contribution in [0, 0.1) is 18.8 Å². The first-order valence-corrected chi connectivity index (χ1v) is 9.83. The van der Waals surface area contributed by atoms with E-state index in [2.05, 4.69) is 0 Å². The van der Waals surface area contributed by atoms with Crippen LogP contribution in [-0.4, -0.2) is 23.8 Å². The molecule has 0 radical (unpaired) electrons. The average molecular weight is 373 g/mol. The fourth-order valence-corrected chi connectivity index (χ4v) is 5.96. The van der Waals surface area contributed by atoms with Crippen molar-refractivity contribution in [2.24, 2.45) is 11.8 Å². The Balaban J connectivity index is 1.53. The molecule has 2 saturated heterocycles. The van der Waals surface area contributed by atoms with Crippen molar-refractivity contribution in [2.45, 2.75) is 37.9 Å². The van der Waals surface area contributed by atoms with Crippen molar-refractivity contribution < 1.29 is 14.3 Å². The third-order valence-corrected chi connectivity index (χ3v) is 7.26. The summed E-state index contributed by atoms with van der Waals surface area (Å²) in [6.07, 6.45) is 1.75. The van der Waals surface area contributed by atoms with E-state index in [0.29, 0.717) is 5.02 Å². The molecule has 0 N–H and O–H groups in total. The number of benzene rings is 1. The molecule has 2 bridgehead atoms. The maximum Gasteiger partial charge on any atom is 0.154 e. The number of carbonyl (C=O) groups is 2. The van der Waals surface area contributed by atoms with Crippen LogP contribution in [0.3, 0.4) is 0 Å². The number of thiophene rings is 1. The van der Waals surface area contributed by atoms with Gasteiger partial charge in [0.05, 0.1) is 24.0 Å². The van der Waals surface area contributed by atoms with E-state index in [0.717, 1.165) is 33.7 Å². The van der Waals surface area contributed by atoms with Crippen LogP contribution in [0.4, 0.5) is 0 Å². The maximum atomic E-state index is 13.0. The molecule has 128 valence electrons. The molecule has 3 heterocycles. The smallest absolute Gasteiger partial charge is 0.154 e. The molecule has 5 heteroatoms. The van der Waals surface area contributed by atoms with Gasteiger partial charge >= 0.3 is 0 Å². The highest BCUT2D eigenvalue weighted by Crippen LogP contribution is 2.53. The summed E-state index contributed by atoms with van der Waals surface area (Å²) in [4.78, 5) is 28.1. The molecule has 2 aliphatic heterocycles. The Hall–Kier alpha value is -1.49. The van der Waals surface area contributed by atoms with Gasteiger partial charge in [0.15, 0.2) is 11.6 Å². The second-order valence-corrected chi connectivity index (χ2v) is 8.90. The topological polar surface area (TPSA) is 43.4 Å². The van der Waals surface area contributed by atoms with E-state index >= 15 is 0 Å². The summed E-state index contributed by atoms with van der Waals surface area (Å²) in [5, 5.41) is 0.696. The van der Waals surface area contributed by atoms with Crippen LogP contribution in [-0.2, 0) is 14.3 Å². The van der Waals surface area contributed by atoms with E-state index in [1.807, 2.05) is 37.3 Å². The zero-order valence-electron chi connectivity index (χ0n) is 13.7. The summed E-state index contributed by atoms with van der Waals surface area (Å²) in [7, 11) is 0. The van der Waals surface area contributed by atoms with Crippen LogP contribution in [0.15, 0.2) is 30.3 Å². The van der Waals surface area contributed by atoms with Crippen LogP contribution >= 0.6 is 22.9 Å². The Labute approximate surface area is 155 Å². The molecule has 1 aromatic heterocycles. The summed E-state index contributed by atoms with van der Waals surface area (Å²) in [5.74, 6) is -0.875. The van der Waals surface area contributed by atoms with Crippen molar-refractivity contribution in [3.05, 3.63) is 45.8 Å². The number of rotatable bonds is 2. The fourth-order valence-electron chi connectivity index (χ4n) is 4.77. The van der Waals surface area contributed by atoms with Crippen LogP contribution in [0.1, 0.15) is 29.2 Å². The number of halogens is 1. The van der Waals surface area contributed by atoms with E-state index in [4.69, 9.17) is 16.3 Å². The molecule has 3 unspecified atom stereocenters. The predicted octanol–water partition coefficient (Wildman–Crippen LogP) is 4.41. The molecule has 1 aliphatic carbocycles. The predicted molar refractivity (Wildman–Crippen MR) is 97.1 cm³/mol. The summed E-state index contributed by atoms with van der Waals surface area (Å²) in [5.41, 5.74) is 1.95. The molecule has 3 nitrogen and oxygen atoms in total. The number of ketones is 2. The summed E-state index contributed by atoms with van der Waals surface area (Å²) in [6.45, 7) is 2.00. The number of hydrogen-bond donors (Lipinski definition) is 0. The van der Waals surface area contributed by atoms with E-state index in [1.54, 1.807) is 11.3 Å². The maximum absolute atomic E-state index is 13.0. The highest BCUT2D eigenvalue weighted by Gasteiger charge is 2.63. The standard InChI is InChI=1S/C20H17ClO3S/c1-9-12(8-15(25-9)10-2-4-11(21)5-3-10)16-19(22)17-13-6-7-14(24-13)18(17)20(16)23/h2-5,8,13-14,16-18H,6-7H2,1H3/t13?,14?,16?,17-,18+. The summed E-state index contributed by atoms with van der Waals surface area (Å²) >= 11 is 7.60. The number of Topliss-reactive ketones (excluding diaryl/α,β-unsaturated/α-hetero) is 2. The molecule has 0 spiro atoms. The minimum absolute atomic E-state index is 0.0360. The van der Waals surface area contributed by atoms with Gasteiger partial charge in [-0.15, -0.1) is 11.3 Å². The first kappa shape index (κ1) is 15.7. The molecular formula is C20H17ClO3S. The Morgan fingerprint density at radius 3 is 2.24 bits per heavy atom. The van der Waals surface area contributed by atoms with Gasteiger partial charge in [-0.2, -0.15) is 0 Å². The lowest BCUT2D eigenvalue weighted by molar-refractivity contribution is -0.127. The molecule has 5 rings (SSSR count). The molecule has 2 aromatic rings. The average Bonchev–Trinajstić information content (AvgIpc) is 3.33. The zero-order valence-corrected chi connectivity index (χ0v) is 15.3. The van der Waals surface area contributed by atoms with Crippen LogP contribution in [0.2, 0.25) is 5.02 Å². The zero-order chi connectivity index (χ0) is 17.3. The van der Waals surface area contributed by atoms with Crippen molar-refractivity contribution in [1.29, 1.82) is 0 Å². The molecule has 25 heavy (non-hydrogen) atoms. The van der Waals surface area contributed by atoms with Crippen LogP contribution < -0.4 is 0 Å². The van der Waals surface area contributed by atoms with Crippen molar-refractivity contribution in [3.8, 4) is 10.4 Å². The molecule has 3 aliphatic rings. The van der Waals surface area contributed by atoms with E-state index < -0.39 is 5.92 Å². The van der Waals surface area contributed by atoms with Gasteiger partial charge in [0.25, 0.3) is 0 Å². The minimum atomic E-state index is -0.598. The molecular weight excluding hydrogens is 356 g/mol. The SMILES string of the molecule is Cc1sc(-c2ccc(Cl)cc2)cc1C1C(=O)[C@@H]2C3CCC(O3)[C@@H]2C1=O. The first-order valence-electron chi connectivity index (χ1n) is 8.64. The monoisotopic (exact) mass is 372 g/mol. The molecule has 0 amide bonds. The highest BCUT2D eigenvalue weighted by atomic mass is 35.5. The number of hydrogen-bond acceptors (Lipinski definition) is 4. The van der Waals surface area contributed by atoms with Crippen LogP contribution in [0.5, 0.6) is 0 Å². The Morgan fingerprint density at radius 2 is 1.64 bits per heavy atom. The van der Waals surface area contributed by atoms with Gasteiger partial charge in [-0.3, -0.25) is 9.59 Å². The van der Waals surface area contributed by atoms with Gasteiger partial charge in [0.1, 0.15) is 5.92 Å². The van der Waals surface area contributed by atoms with Gasteiger partial charge in [-0.1, -0.05) is 23.7 Å². The van der Waals surface area contributed by atoms with E-state index in [9.17, 15) is 9.59 Å². The molecule has 1 saturated carbocycles. The highest BCUT2D eigenvalue weighted by molar-refractivity contribution is 7.15. The number of aryl methyl sites for hydroxylation is 1. The van der Waals surface area contributed by atoms with Gasteiger partial charge in [0, 0.05) is 14.8 Å². The lowest BCUT2D eigenvalue weighted by Crippen LogP contribution is -2.29. The summed E-state index contributed by atoms with van der Waals surface area (Å²) in [6, 6.07) is 9.68. The second kappa shape index (κ2) is 5.50. The first-order chi connectivity index (χ1) is 12.0. The number of ether oxygens (including phenoxy) is 1. The lowest BCUT2D eigenvalue weighted by atomic mass is 9.81. The number of carbonyl (C=O) groups excluding carboxylic acids is 2. The van der Waals surface area contributed by atoms with Gasteiger partial charge in [-0.25, -0.2) is 0 Å². The molecule has 1 aromatic carbocycles. The fraction of sp³-hybridized carbons (Fsp3) is 0.400. The Bertz CT molecular complexity index is 857. The van der Waals surface area contributed by atoms with Gasteiger partial charge < -0.3 is 4.74 Å². The second-order valence-electron chi connectivity index (χ2n) is 7.21. The van der Waals surface area contributed by atoms with Crippen molar-refractivity contribution in [2.75, 3.05) is 0 Å². The van der Waals surface area contributed by atoms with Crippen molar-refractivity contribution >= 4 is 34.5 Å². The molecule has 5 atom stereocenters. The largest absolute Gasteiger partial charge is 0.373 e. The quantitative estimate of drug-likeness (QED) is 0.733. The lowest BCUT2D eigenvalue weighted by Gasteiger charge is -2.16. The van der Waals surface area contributed by atoms with Crippen molar-refractivity contribution in [3.63, 3.8) is 0 Å². The minimum Gasteiger partial charge on any atom is -0.373 e. The third-order valence-electron chi connectivity index (χ3n) is 5.90. The van der Waals surface area contributed by atoms with Gasteiger partial charge in [-0.05, 0) is 49.1 Å². The van der Waals surface area contributed by atoms with Gasteiger partial charge in [0.2, 0.25) is 0 Å².